The summed E-state index contributed by atoms with van der Waals surface area (Å²) in [5, 5.41) is 9.99. The lowest BCUT2D eigenvalue weighted by Gasteiger charge is -2.21. The Balaban J connectivity index is 2.24. The second kappa shape index (κ2) is 4.77. The molecule has 0 radical (unpaired) electrons. The Morgan fingerprint density at radius 1 is 1.22 bits per heavy atom. The number of rotatable bonds is 4. The molecule has 0 fully saturated rings. The topological polar surface area (TPSA) is 50.2 Å². The molecule has 2 aromatic rings. The van der Waals surface area contributed by atoms with Gasteiger partial charge in [-0.05, 0) is 24.0 Å². The van der Waals surface area contributed by atoms with E-state index in [1.165, 1.54) is 0 Å². The molecule has 0 aliphatic carbocycles. The van der Waals surface area contributed by atoms with Gasteiger partial charge < -0.3 is 5.11 Å². The normalized spacial score (nSPS) is 11.7. The molecule has 0 saturated carbocycles. The van der Waals surface area contributed by atoms with Crippen LogP contribution in [-0.2, 0) is 11.2 Å². The van der Waals surface area contributed by atoms with Crippen molar-refractivity contribution in [1.82, 2.24) is 4.98 Å². The summed E-state index contributed by atoms with van der Waals surface area (Å²) in [5.41, 5.74) is 1.63. The van der Waals surface area contributed by atoms with Gasteiger partial charge in [0.25, 0.3) is 0 Å². The maximum Gasteiger partial charge on any atom is 0.303 e. The van der Waals surface area contributed by atoms with Crippen LogP contribution in [0.25, 0.3) is 10.9 Å². The van der Waals surface area contributed by atoms with Crippen molar-refractivity contribution in [2.24, 2.45) is 5.41 Å². The van der Waals surface area contributed by atoms with E-state index in [0.717, 1.165) is 16.6 Å². The molecular formula is C15H17NO2. The van der Waals surface area contributed by atoms with E-state index in [1.54, 1.807) is 0 Å². The van der Waals surface area contributed by atoms with E-state index in [4.69, 9.17) is 5.11 Å². The van der Waals surface area contributed by atoms with Crippen LogP contribution < -0.4 is 0 Å². The van der Waals surface area contributed by atoms with Crippen LogP contribution in [-0.4, -0.2) is 16.1 Å². The summed E-state index contributed by atoms with van der Waals surface area (Å²) in [6, 6.07) is 12.0. The number of hydrogen-bond donors (Lipinski definition) is 1. The van der Waals surface area contributed by atoms with Crippen LogP contribution in [0.15, 0.2) is 36.4 Å². The second-order valence-corrected chi connectivity index (χ2v) is 5.41. The highest BCUT2D eigenvalue weighted by molar-refractivity contribution is 5.78. The van der Waals surface area contributed by atoms with Crippen molar-refractivity contribution in [2.45, 2.75) is 26.7 Å². The third kappa shape index (κ3) is 3.06. The first-order chi connectivity index (χ1) is 8.46. The summed E-state index contributed by atoms with van der Waals surface area (Å²) in [6.07, 6.45) is 0.825. The van der Waals surface area contributed by atoms with Gasteiger partial charge in [0, 0.05) is 11.1 Å². The number of nitrogens with zero attached hydrogens (tertiary/aromatic N) is 1. The van der Waals surface area contributed by atoms with Crippen molar-refractivity contribution >= 4 is 16.9 Å². The van der Waals surface area contributed by atoms with Gasteiger partial charge >= 0.3 is 5.97 Å². The van der Waals surface area contributed by atoms with Crippen LogP contribution in [0, 0.1) is 5.41 Å². The maximum absolute atomic E-state index is 10.8. The first kappa shape index (κ1) is 12.6. The highest BCUT2D eigenvalue weighted by Crippen LogP contribution is 2.26. The van der Waals surface area contributed by atoms with Crippen molar-refractivity contribution < 1.29 is 9.90 Å². The first-order valence-electron chi connectivity index (χ1n) is 6.03. The quantitative estimate of drug-likeness (QED) is 0.896. The molecule has 0 unspecified atom stereocenters. The Morgan fingerprint density at radius 3 is 2.67 bits per heavy atom. The fourth-order valence-electron chi connectivity index (χ4n) is 2.17. The number of pyridine rings is 1. The Kier molecular flexibility index (Phi) is 3.32. The van der Waals surface area contributed by atoms with Crippen molar-refractivity contribution in [3.63, 3.8) is 0 Å². The van der Waals surface area contributed by atoms with Crippen LogP contribution in [0.2, 0.25) is 0 Å². The number of carboxylic acid groups (broad SMARTS) is 1. The lowest BCUT2D eigenvalue weighted by atomic mass is 9.84. The minimum atomic E-state index is -0.763. The standard InChI is InChI=1S/C15H17NO2/c1-15(2,10-14(17)18)9-12-8-7-11-5-3-4-6-13(11)16-12/h3-8H,9-10H2,1-2H3,(H,17,18). The molecule has 3 nitrogen and oxygen atoms in total. The summed E-state index contributed by atoms with van der Waals surface area (Å²) in [4.78, 5) is 15.4. The lowest BCUT2D eigenvalue weighted by molar-refractivity contribution is -0.139. The van der Waals surface area contributed by atoms with Crippen LogP contribution in [0.5, 0.6) is 0 Å². The predicted molar refractivity (Wildman–Crippen MR) is 71.5 cm³/mol. The number of fused-ring (bicyclic) bond motifs is 1. The van der Waals surface area contributed by atoms with Crippen molar-refractivity contribution in [2.75, 3.05) is 0 Å². The molecule has 0 amide bonds. The van der Waals surface area contributed by atoms with Gasteiger partial charge in [0.1, 0.15) is 0 Å². The average molecular weight is 243 g/mol. The Morgan fingerprint density at radius 2 is 1.94 bits per heavy atom. The number of carboxylic acids is 1. The number of aromatic nitrogens is 1. The van der Waals surface area contributed by atoms with Crippen molar-refractivity contribution in [3.8, 4) is 0 Å². The monoisotopic (exact) mass is 243 g/mol. The Bertz CT molecular complexity index is 575. The van der Waals surface area contributed by atoms with Gasteiger partial charge in [-0.25, -0.2) is 0 Å². The summed E-state index contributed by atoms with van der Waals surface area (Å²) in [6.45, 7) is 3.91. The summed E-state index contributed by atoms with van der Waals surface area (Å²) < 4.78 is 0. The van der Waals surface area contributed by atoms with Crippen molar-refractivity contribution in [1.29, 1.82) is 0 Å². The molecule has 1 heterocycles. The van der Waals surface area contributed by atoms with Gasteiger partial charge in [-0.3, -0.25) is 9.78 Å². The highest BCUT2D eigenvalue weighted by atomic mass is 16.4. The smallest absolute Gasteiger partial charge is 0.303 e. The predicted octanol–water partition coefficient (Wildman–Crippen LogP) is 3.28. The van der Waals surface area contributed by atoms with Gasteiger partial charge in [-0.2, -0.15) is 0 Å². The maximum atomic E-state index is 10.8. The van der Waals surface area contributed by atoms with Crippen LogP contribution >= 0.6 is 0 Å². The number of para-hydroxylation sites is 1. The number of carbonyl (C=O) groups is 1. The van der Waals surface area contributed by atoms with Crippen LogP contribution in [0.3, 0.4) is 0 Å². The Hall–Kier alpha value is -1.90. The molecule has 0 atom stereocenters. The van der Waals surface area contributed by atoms with E-state index in [-0.39, 0.29) is 11.8 Å². The molecular weight excluding hydrogens is 226 g/mol. The third-order valence-electron chi connectivity index (χ3n) is 2.95. The van der Waals surface area contributed by atoms with E-state index in [0.29, 0.717) is 6.42 Å². The van der Waals surface area contributed by atoms with E-state index in [2.05, 4.69) is 4.98 Å². The van der Waals surface area contributed by atoms with E-state index < -0.39 is 5.97 Å². The SMILES string of the molecule is CC(C)(CC(=O)O)Cc1ccc2ccccc2n1. The first-order valence-corrected chi connectivity index (χ1v) is 6.03. The highest BCUT2D eigenvalue weighted by Gasteiger charge is 2.22. The summed E-state index contributed by atoms with van der Waals surface area (Å²) in [7, 11) is 0. The molecule has 0 aliphatic rings. The van der Waals surface area contributed by atoms with Crippen LogP contribution in [0.1, 0.15) is 26.0 Å². The molecule has 0 bridgehead atoms. The Labute approximate surface area is 106 Å². The number of aliphatic carboxylic acids is 1. The minimum Gasteiger partial charge on any atom is -0.481 e. The van der Waals surface area contributed by atoms with Gasteiger partial charge in [0.15, 0.2) is 0 Å². The molecule has 2 rings (SSSR count). The molecule has 1 aromatic carbocycles. The zero-order valence-corrected chi connectivity index (χ0v) is 10.7. The van der Waals surface area contributed by atoms with Crippen molar-refractivity contribution in [3.05, 3.63) is 42.1 Å². The van der Waals surface area contributed by atoms with E-state index in [9.17, 15) is 4.79 Å². The fraction of sp³-hybridized carbons (Fsp3) is 0.333. The molecule has 94 valence electrons. The number of hydrogen-bond acceptors (Lipinski definition) is 2. The molecule has 0 saturated heterocycles. The van der Waals surface area contributed by atoms with Gasteiger partial charge in [0.05, 0.1) is 11.9 Å². The fourth-order valence-corrected chi connectivity index (χ4v) is 2.17. The third-order valence-corrected chi connectivity index (χ3v) is 2.95. The lowest BCUT2D eigenvalue weighted by Crippen LogP contribution is -2.20. The molecule has 0 aliphatic heterocycles. The number of benzene rings is 1. The molecule has 1 aromatic heterocycles. The summed E-state index contributed by atoms with van der Waals surface area (Å²) in [5.74, 6) is -0.763. The molecule has 1 N–H and O–H groups in total. The zero-order chi connectivity index (χ0) is 13.2. The zero-order valence-electron chi connectivity index (χ0n) is 10.7. The van der Waals surface area contributed by atoms with E-state index in [1.807, 2.05) is 50.2 Å². The molecule has 3 heteroatoms. The largest absolute Gasteiger partial charge is 0.481 e. The minimum absolute atomic E-state index is 0.154. The molecule has 0 spiro atoms. The second-order valence-electron chi connectivity index (χ2n) is 5.41. The van der Waals surface area contributed by atoms with Crippen LogP contribution in [0.4, 0.5) is 0 Å². The van der Waals surface area contributed by atoms with E-state index >= 15 is 0 Å². The molecule has 18 heavy (non-hydrogen) atoms. The summed E-state index contributed by atoms with van der Waals surface area (Å²) >= 11 is 0. The van der Waals surface area contributed by atoms with Gasteiger partial charge in [-0.1, -0.05) is 38.1 Å². The van der Waals surface area contributed by atoms with Gasteiger partial charge in [-0.15, -0.1) is 0 Å². The van der Waals surface area contributed by atoms with Gasteiger partial charge in [0.2, 0.25) is 0 Å². The average Bonchev–Trinajstić information content (AvgIpc) is 2.26.